The topological polar surface area (TPSA) is 61.6 Å². The van der Waals surface area contributed by atoms with Crippen LogP contribution in [0.4, 0.5) is 0 Å². The molecule has 1 aliphatic rings. The Balaban J connectivity index is 2.31. The van der Waals surface area contributed by atoms with Crippen molar-refractivity contribution in [1.29, 1.82) is 0 Å². The molecule has 1 saturated heterocycles. The third-order valence-electron chi connectivity index (χ3n) is 4.50. The van der Waals surface area contributed by atoms with Gasteiger partial charge in [0, 0.05) is 13.1 Å². The Bertz CT molecular complexity index is 289. The van der Waals surface area contributed by atoms with Gasteiger partial charge in [-0.05, 0) is 66.3 Å². The van der Waals surface area contributed by atoms with Crippen molar-refractivity contribution < 1.29 is 4.79 Å². The Labute approximate surface area is 117 Å². The number of piperidine rings is 1. The van der Waals surface area contributed by atoms with Crippen molar-refractivity contribution in [2.45, 2.75) is 31.7 Å². The number of rotatable bonds is 7. The molecule has 1 amide bonds. The van der Waals surface area contributed by atoms with E-state index in [9.17, 15) is 4.79 Å². The molecule has 0 aliphatic carbocycles. The number of hydrogen-bond donors (Lipinski definition) is 2. The van der Waals surface area contributed by atoms with Gasteiger partial charge in [0.1, 0.15) is 0 Å². The number of nitrogens with zero attached hydrogens (tertiary/aromatic N) is 2. The second-order valence-electron chi connectivity index (χ2n) is 6.21. The smallest absolute Gasteiger partial charge is 0.237 e. The largest absolute Gasteiger partial charge is 0.368 e. The summed E-state index contributed by atoms with van der Waals surface area (Å²) >= 11 is 0. The van der Waals surface area contributed by atoms with Gasteiger partial charge < -0.3 is 20.9 Å². The van der Waals surface area contributed by atoms with E-state index in [4.69, 9.17) is 5.73 Å². The maximum atomic E-state index is 11.4. The maximum Gasteiger partial charge on any atom is 0.237 e. The van der Waals surface area contributed by atoms with Gasteiger partial charge in [0.2, 0.25) is 5.91 Å². The molecule has 0 bridgehead atoms. The molecule has 0 saturated carbocycles. The summed E-state index contributed by atoms with van der Waals surface area (Å²) in [6, 6.07) is 0. The Morgan fingerprint density at radius 3 is 2.53 bits per heavy atom. The normalized spacial score (nSPS) is 21.5. The molecule has 3 N–H and O–H groups in total. The molecule has 1 heterocycles. The van der Waals surface area contributed by atoms with E-state index in [0.717, 1.165) is 25.4 Å². The Morgan fingerprint density at radius 1 is 1.47 bits per heavy atom. The predicted molar refractivity (Wildman–Crippen MR) is 79.0 cm³/mol. The van der Waals surface area contributed by atoms with E-state index in [1.165, 1.54) is 25.9 Å². The van der Waals surface area contributed by atoms with Crippen molar-refractivity contribution >= 4 is 5.91 Å². The van der Waals surface area contributed by atoms with Gasteiger partial charge in [-0.2, -0.15) is 0 Å². The van der Waals surface area contributed by atoms with Crippen molar-refractivity contribution in [2.75, 3.05) is 47.3 Å². The highest BCUT2D eigenvalue weighted by molar-refractivity contribution is 5.84. The SMILES string of the molecule is CNC(C)(CCN(C)CC1CCN(C)CC1)C(N)=O. The standard InChI is InChI=1S/C14H30N4O/c1-14(16-2,13(15)19)7-10-18(4)11-12-5-8-17(3)9-6-12/h12,16H,5-11H2,1-4H3,(H2,15,19). The van der Waals surface area contributed by atoms with E-state index in [-0.39, 0.29) is 5.91 Å². The van der Waals surface area contributed by atoms with Crippen LogP contribution in [0.2, 0.25) is 0 Å². The minimum Gasteiger partial charge on any atom is -0.368 e. The molecule has 112 valence electrons. The third kappa shape index (κ3) is 5.09. The second-order valence-corrected chi connectivity index (χ2v) is 6.21. The molecule has 1 aliphatic heterocycles. The lowest BCUT2D eigenvalue weighted by Gasteiger charge is -2.33. The molecule has 1 atom stereocenters. The summed E-state index contributed by atoms with van der Waals surface area (Å²) < 4.78 is 0. The van der Waals surface area contributed by atoms with E-state index >= 15 is 0 Å². The van der Waals surface area contributed by atoms with Crippen LogP contribution in [-0.2, 0) is 4.79 Å². The van der Waals surface area contributed by atoms with Crippen LogP contribution in [0.25, 0.3) is 0 Å². The molecule has 0 aromatic heterocycles. The number of likely N-dealkylation sites (tertiary alicyclic amines) is 1. The maximum absolute atomic E-state index is 11.4. The fourth-order valence-corrected chi connectivity index (χ4v) is 2.56. The van der Waals surface area contributed by atoms with Gasteiger partial charge >= 0.3 is 0 Å². The summed E-state index contributed by atoms with van der Waals surface area (Å²) in [7, 11) is 6.11. The first-order valence-electron chi connectivity index (χ1n) is 7.23. The monoisotopic (exact) mass is 270 g/mol. The number of primary amides is 1. The molecule has 5 heteroatoms. The summed E-state index contributed by atoms with van der Waals surface area (Å²) in [6.07, 6.45) is 3.31. The molecule has 0 aromatic carbocycles. The van der Waals surface area contributed by atoms with Crippen LogP contribution < -0.4 is 11.1 Å². The summed E-state index contributed by atoms with van der Waals surface area (Å²) in [5.41, 5.74) is 4.85. The summed E-state index contributed by atoms with van der Waals surface area (Å²) in [6.45, 7) is 6.29. The quantitative estimate of drug-likeness (QED) is 0.689. The molecule has 19 heavy (non-hydrogen) atoms. The van der Waals surface area contributed by atoms with Crippen LogP contribution in [0.15, 0.2) is 0 Å². The minimum absolute atomic E-state index is 0.275. The van der Waals surface area contributed by atoms with Crippen LogP contribution in [0, 0.1) is 5.92 Å². The molecule has 0 spiro atoms. The van der Waals surface area contributed by atoms with Gasteiger partial charge in [0.25, 0.3) is 0 Å². The van der Waals surface area contributed by atoms with Crippen LogP contribution in [0.5, 0.6) is 0 Å². The van der Waals surface area contributed by atoms with Crippen molar-refractivity contribution in [2.24, 2.45) is 11.7 Å². The molecular formula is C14H30N4O. The van der Waals surface area contributed by atoms with Crippen LogP contribution in [-0.4, -0.2) is 68.6 Å². The fraction of sp³-hybridized carbons (Fsp3) is 0.929. The van der Waals surface area contributed by atoms with Gasteiger partial charge in [-0.25, -0.2) is 0 Å². The minimum atomic E-state index is -0.596. The lowest BCUT2D eigenvalue weighted by atomic mass is 9.95. The van der Waals surface area contributed by atoms with Gasteiger partial charge in [-0.1, -0.05) is 0 Å². The van der Waals surface area contributed by atoms with Crippen molar-refractivity contribution in [3.05, 3.63) is 0 Å². The highest BCUT2D eigenvalue weighted by Crippen LogP contribution is 2.17. The van der Waals surface area contributed by atoms with Gasteiger partial charge in [-0.3, -0.25) is 4.79 Å². The molecule has 1 fully saturated rings. The fourth-order valence-electron chi connectivity index (χ4n) is 2.56. The molecule has 5 nitrogen and oxygen atoms in total. The van der Waals surface area contributed by atoms with Crippen molar-refractivity contribution in [3.8, 4) is 0 Å². The Hall–Kier alpha value is -0.650. The summed E-state index contributed by atoms with van der Waals surface area (Å²) in [5.74, 6) is 0.512. The number of nitrogens with two attached hydrogens (primary N) is 1. The van der Waals surface area contributed by atoms with Gasteiger partial charge in [0.15, 0.2) is 0 Å². The Morgan fingerprint density at radius 2 is 2.05 bits per heavy atom. The molecule has 0 aromatic rings. The average molecular weight is 270 g/mol. The van der Waals surface area contributed by atoms with E-state index < -0.39 is 5.54 Å². The van der Waals surface area contributed by atoms with Gasteiger partial charge in [-0.15, -0.1) is 0 Å². The highest BCUT2D eigenvalue weighted by Gasteiger charge is 2.29. The van der Waals surface area contributed by atoms with Crippen LogP contribution >= 0.6 is 0 Å². The molecular weight excluding hydrogens is 240 g/mol. The zero-order chi connectivity index (χ0) is 14.5. The van der Waals surface area contributed by atoms with E-state index in [1.807, 2.05) is 6.92 Å². The summed E-state index contributed by atoms with van der Waals surface area (Å²) in [4.78, 5) is 16.1. The summed E-state index contributed by atoms with van der Waals surface area (Å²) in [5, 5.41) is 3.03. The number of carbonyl (C=O) groups excluding carboxylic acids is 1. The van der Waals surface area contributed by atoms with E-state index in [1.54, 1.807) is 7.05 Å². The van der Waals surface area contributed by atoms with Crippen molar-refractivity contribution in [3.63, 3.8) is 0 Å². The zero-order valence-electron chi connectivity index (χ0n) is 12.9. The highest BCUT2D eigenvalue weighted by atomic mass is 16.1. The average Bonchev–Trinajstić information content (AvgIpc) is 2.38. The zero-order valence-corrected chi connectivity index (χ0v) is 12.9. The predicted octanol–water partition coefficient (Wildman–Crippen LogP) is 0.114. The Kier molecular flexibility index (Phi) is 6.23. The first kappa shape index (κ1) is 16.4. The number of likely N-dealkylation sites (N-methyl/N-ethyl adjacent to an activating group) is 1. The number of hydrogen-bond acceptors (Lipinski definition) is 4. The number of carbonyl (C=O) groups is 1. The van der Waals surface area contributed by atoms with E-state index in [0.29, 0.717) is 0 Å². The van der Waals surface area contributed by atoms with Crippen LogP contribution in [0.3, 0.4) is 0 Å². The first-order chi connectivity index (χ1) is 8.87. The second kappa shape index (κ2) is 7.22. The number of amides is 1. The lowest BCUT2D eigenvalue weighted by Crippen LogP contribution is -2.53. The lowest BCUT2D eigenvalue weighted by molar-refractivity contribution is -0.124. The third-order valence-corrected chi connectivity index (χ3v) is 4.50. The van der Waals surface area contributed by atoms with Crippen molar-refractivity contribution in [1.82, 2.24) is 15.1 Å². The number of nitrogens with one attached hydrogen (secondary N) is 1. The molecule has 0 radical (unpaired) electrons. The first-order valence-corrected chi connectivity index (χ1v) is 7.23. The molecule has 1 unspecified atom stereocenters. The van der Waals surface area contributed by atoms with E-state index in [2.05, 4.69) is 29.2 Å². The molecule has 1 rings (SSSR count). The van der Waals surface area contributed by atoms with Crippen LogP contribution in [0.1, 0.15) is 26.2 Å². The van der Waals surface area contributed by atoms with Gasteiger partial charge in [0.05, 0.1) is 5.54 Å².